The first-order valence-corrected chi connectivity index (χ1v) is 7.15. The predicted molar refractivity (Wildman–Crippen MR) is 83.9 cm³/mol. The van der Waals surface area contributed by atoms with Crippen molar-refractivity contribution < 1.29 is 4.74 Å². The van der Waals surface area contributed by atoms with Crippen molar-refractivity contribution >= 4 is 21.6 Å². The molecule has 0 aliphatic heterocycles. The molecule has 0 heterocycles. The number of hydrogen-bond donors (Lipinski definition) is 0. The van der Waals surface area contributed by atoms with E-state index in [0.29, 0.717) is 0 Å². The summed E-state index contributed by atoms with van der Waals surface area (Å²) in [6, 6.07) is 16.6. The van der Waals surface area contributed by atoms with Gasteiger partial charge in [0.05, 0.1) is 7.11 Å². The number of benzene rings is 2. The summed E-state index contributed by atoms with van der Waals surface area (Å²) >= 11 is 3.51. The first-order chi connectivity index (χ1) is 9.22. The molecule has 2 aromatic carbocycles. The minimum atomic E-state index is 0.891. The van der Waals surface area contributed by atoms with Gasteiger partial charge in [-0.3, -0.25) is 0 Å². The third kappa shape index (κ3) is 3.74. The number of methoxy groups -OCH3 is 1. The molecule has 0 bridgehead atoms. The Bertz CT molecular complexity index is 525. The Kier molecular flexibility index (Phi) is 4.86. The fourth-order valence-electron chi connectivity index (χ4n) is 2.03. The lowest BCUT2D eigenvalue weighted by molar-refractivity contribution is 0.415. The van der Waals surface area contributed by atoms with Gasteiger partial charge in [0.25, 0.3) is 0 Å². The number of rotatable bonds is 5. The smallest absolute Gasteiger partial charge is 0.119 e. The number of halogens is 1. The standard InChI is InChI=1S/C16H18BrNO/c1-3-18(12-13-5-4-6-14(17)11-13)15-7-9-16(19-2)10-8-15/h4-11H,3,12H2,1-2H3. The van der Waals surface area contributed by atoms with Gasteiger partial charge >= 0.3 is 0 Å². The molecule has 0 saturated heterocycles. The zero-order valence-corrected chi connectivity index (χ0v) is 12.9. The van der Waals surface area contributed by atoms with Crippen LogP contribution in [0.1, 0.15) is 12.5 Å². The maximum atomic E-state index is 5.19. The lowest BCUT2D eigenvalue weighted by Gasteiger charge is -2.23. The van der Waals surface area contributed by atoms with Crippen molar-refractivity contribution in [3.05, 3.63) is 58.6 Å². The zero-order chi connectivity index (χ0) is 13.7. The molecule has 2 nitrogen and oxygen atoms in total. The molecular weight excluding hydrogens is 302 g/mol. The first-order valence-electron chi connectivity index (χ1n) is 6.36. The highest BCUT2D eigenvalue weighted by Gasteiger charge is 2.05. The van der Waals surface area contributed by atoms with Crippen molar-refractivity contribution in [1.29, 1.82) is 0 Å². The third-order valence-corrected chi connectivity index (χ3v) is 3.58. The fraction of sp³-hybridized carbons (Fsp3) is 0.250. The van der Waals surface area contributed by atoms with Crippen LogP contribution in [0.15, 0.2) is 53.0 Å². The van der Waals surface area contributed by atoms with E-state index in [1.807, 2.05) is 18.2 Å². The van der Waals surface area contributed by atoms with Crippen LogP contribution in [0.4, 0.5) is 5.69 Å². The van der Waals surface area contributed by atoms with E-state index in [2.05, 4.69) is 58.1 Å². The van der Waals surface area contributed by atoms with Gasteiger partial charge in [-0.05, 0) is 48.9 Å². The van der Waals surface area contributed by atoms with E-state index in [9.17, 15) is 0 Å². The number of hydrogen-bond acceptors (Lipinski definition) is 2. The van der Waals surface area contributed by atoms with Crippen LogP contribution in [0.3, 0.4) is 0 Å². The minimum absolute atomic E-state index is 0.891. The topological polar surface area (TPSA) is 12.5 Å². The molecule has 0 unspecified atom stereocenters. The third-order valence-electron chi connectivity index (χ3n) is 3.08. The summed E-state index contributed by atoms with van der Waals surface area (Å²) in [5.74, 6) is 0.891. The molecule has 3 heteroatoms. The van der Waals surface area contributed by atoms with Crippen LogP contribution in [-0.4, -0.2) is 13.7 Å². The Morgan fingerprint density at radius 1 is 1.11 bits per heavy atom. The van der Waals surface area contributed by atoms with Gasteiger partial charge in [0, 0.05) is 23.2 Å². The van der Waals surface area contributed by atoms with E-state index in [-0.39, 0.29) is 0 Å². The SMILES string of the molecule is CCN(Cc1cccc(Br)c1)c1ccc(OC)cc1. The summed E-state index contributed by atoms with van der Waals surface area (Å²) in [5, 5.41) is 0. The van der Waals surface area contributed by atoms with Gasteiger partial charge in [-0.15, -0.1) is 0 Å². The van der Waals surface area contributed by atoms with Crippen LogP contribution in [0, 0.1) is 0 Å². The molecule has 2 aromatic rings. The van der Waals surface area contributed by atoms with Crippen LogP contribution in [0.25, 0.3) is 0 Å². The molecule has 100 valence electrons. The lowest BCUT2D eigenvalue weighted by atomic mass is 10.2. The van der Waals surface area contributed by atoms with Gasteiger partial charge in [-0.2, -0.15) is 0 Å². The van der Waals surface area contributed by atoms with Crippen LogP contribution < -0.4 is 9.64 Å². The molecule has 2 rings (SSSR count). The Balaban J connectivity index is 2.15. The Labute approximate surface area is 123 Å². The number of anilines is 1. The second-order valence-corrected chi connectivity index (χ2v) is 5.26. The Hall–Kier alpha value is -1.48. The Morgan fingerprint density at radius 3 is 2.42 bits per heavy atom. The predicted octanol–water partition coefficient (Wildman–Crippen LogP) is 4.48. The molecule has 0 atom stereocenters. The highest BCUT2D eigenvalue weighted by Crippen LogP contribution is 2.21. The van der Waals surface area contributed by atoms with Crippen LogP contribution in [0.2, 0.25) is 0 Å². The van der Waals surface area contributed by atoms with Gasteiger partial charge in [0.15, 0.2) is 0 Å². The molecular formula is C16H18BrNO. The maximum Gasteiger partial charge on any atom is 0.119 e. The summed E-state index contributed by atoms with van der Waals surface area (Å²) < 4.78 is 6.31. The summed E-state index contributed by atoms with van der Waals surface area (Å²) in [7, 11) is 1.69. The molecule has 0 aliphatic rings. The minimum Gasteiger partial charge on any atom is -0.497 e. The van der Waals surface area contributed by atoms with Crippen LogP contribution in [0.5, 0.6) is 5.75 Å². The maximum absolute atomic E-state index is 5.19. The quantitative estimate of drug-likeness (QED) is 0.805. The fourth-order valence-corrected chi connectivity index (χ4v) is 2.48. The monoisotopic (exact) mass is 319 g/mol. The largest absolute Gasteiger partial charge is 0.497 e. The van der Waals surface area contributed by atoms with Crippen molar-refractivity contribution in [2.24, 2.45) is 0 Å². The van der Waals surface area contributed by atoms with Crippen molar-refractivity contribution in [2.75, 3.05) is 18.6 Å². The van der Waals surface area contributed by atoms with E-state index in [1.54, 1.807) is 7.11 Å². The molecule has 0 aromatic heterocycles. The van der Waals surface area contributed by atoms with Crippen LogP contribution in [-0.2, 0) is 6.54 Å². The average molecular weight is 320 g/mol. The second-order valence-electron chi connectivity index (χ2n) is 4.34. The second kappa shape index (κ2) is 6.62. The van der Waals surface area contributed by atoms with Gasteiger partial charge in [0.2, 0.25) is 0 Å². The summed E-state index contributed by atoms with van der Waals surface area (Å²) in [4.78, 5) is 2.33. The number of nitrogens with zero attached hydrogens (tertiary/aromatic N) is 1. The highest BCUT2D eigenvalue weighted by atomic mass is 79.9. The van der Waals surface area contributed by atoms with E-state index >= 15 is 0 Å². The van der Waals surface area contributed by atoms with Crippen molar-refractivity contribution in [2.45, 2.75) is 13.5 Å². The summed E-state index contributed by atoms with van der Waals surface area (Å²) in [6.45, 7) is 4.04. The zero-order valence-electron chi connectivity index (χ0n) is 11.3. The molecule has 0 amide bonds. The summed E-state index contributed by atoms with van der Waals surface area (Å²) in [5.41, 5.74) is 2.51. The number of ether oxygens (including phenoxy) is 1. The molecule has 0 saturated carbocycles. The van der Waals surface area contributed by atoms with Gasteiger partial charge < -0.3 is 9.64 Å². The molecule has 0 N–H and O–H groups in total. The van der Waals surface area contributed by atoms with E-state index in [4.69, 9.17) is 4.74 Å². The molecule has 0 aliphatic carbocycles. The van der Waals surface area contributed by atoms with Crippen molar-refractivity contribution in [1.82, 2.24) is 0 Å². The molecule has 0 spiro atoms. The average Bonchev–Trinajstić information content (AvgIpc) is 2.45. The molecule has 19 heavy (non-hydrogen) atoms. The van der Waals surface area contributed by atoms with Gasteiger partial charge in [-0.25, -0.2) is 0 Å². The van der Waals surface area contributed by atoms with E-state index in [0.717, 1.165) is 23.3 Å². The van der Waals surface area contributed by atoms with Gasteiger partial charge in [0.1, 0.15) is 5.75 Å². The molecule has 0 fully saturated rings. The highest BCUT2D eigenvalue weighted by molar-refractivity contribution is 9.10. The molecule has 0 radical (unpaired) electrons. The van der Waals surface area contributed by atoms with Crippen LogP contribution >= 0.6 is 15.9 Å². The van der Waals surface area contributed by atoms with Crippen molar-refractivity contribution in [3.63, 3.8) is 0 Å². The summed E-state index contributed by atoms with van der Waals surface area (Å²) in [6.07, 6.45) is 0. The first kappa shape index (κ1) is 13.9. The normalized spacial score (nSPS) is 10.3. The van der Waals surface area contributed by atoms with E-state index in [1.165, 1.54) is 11.3 Å². The van der Waals surface area contributed by atoms with E-state index < -0.39 is 0 Å². The Morgan fingerprint density at radius 2 is 1.84 bits per heavy atom. The van der Waals surface area contributed by atoms with Gasteiger partial charge in [-0.1, -0.05) is 28.1 Å². The van der Waals surface area contributed by atoms with Crippen molar-refractivity contribution in [3.8, 4) is 5.75 Å². The lowest BCUT2D eigenvalue weighted by Crippen LogP contribution is -2.21.